The first kappa shape index (κ1) is 23.2. The van der Waals surface area contributed by atoms with Gasteiger partial charge in [0.15, 0.2) is 0 Å². The quantitative estimate of drug-likeness (QED) is 0.330. The van der Waals surface area contributed by atoms with Gasteiger partial charge in [-0.25, -0.2) is 9.97 Å². The van der Waals surface area contributed by atoms with Crippen LogP contribution >= 0.6 is 0 Å². The van der Waals surface area contributed by atoms with E-state index >= 15 is 0 Å². The number of aromatic amines is 1. The Kier molecular flexibility index (Phi) is 5.75. The number of aromatic nitrogens is 3. The molecule has 0 fully saturated rings. The molecule has 0 saturated carbocycles. The molecule has 2 aromatic carbocycles. The molecule has 2 aromatic heterocycles. The highest BCUT2D eigenvalue weighted by Crippen LogP contribution is 2.32. The van der Waals surface area contributed by atoms with Gasteiger partial charge in [0.2, 0.25) is 5.95 Å². The Bertz CT molecular complexity index is 1510. The number of nitrogens with one attached hydrogen (secondary N) is 2. The SMILES string of the molecule is O=C(Nc1ncc2c(n1)CCN(C(=O)C(=O)c1c[nH]c3ccccc13)C2)c1ccccc1C(F)(F)F. The topological polar surface area (TPSA) is 108 Å². The monoisotopic (exact) mass is 493 g/mol. The fourth-order valence-electron chi connectivity index (χ4n) is 4.17. The van der Waals surface area contributed by atoms with E-state index in [1.165, 1.54) is 29.4 Å². The van der Waals surface area contributed by atoms with E-state index in [1.54, 1.807) is 12.1 Å². The van der Waals surface area contributed by atoms with Gasteiger partial charge >= 0.3 is 6.18 Å². The van der Waals surface area contributed by atoms with Gasteiger partial charge in [-0.3, -0.25) is 19.7 Å². The highest BCUT2D eigenvalue weighted by molar-refractivity contribution is 6.44. The van der Waals surface area contributed by atoms with Gasteiger partial charge in [-0.15, -0.1) is 0 Å². The van der Waals surface area contributed by atoms with Crippen molar-refractivity contribution in [3.63, 3.8) is 0 Å². The van der Waals surface area contributed by atoms with Crippen molar-refractivity contribution in [3.8, 4) is 0 Å². The van der Waals surface area contributed by atoms with Crippen LogP contribution in [-0.4, -0.2) is 44.0 Å². The van der Waals surface area contributed by atoms with Gasteiger partial charge in [-0.05, 0) is 18.2 Å². The van der Waals surface area contributed by atoms with Gasteiger partial charge in [0.25, 0.3) is 17.6 Å². The highest BCUT2D eigenvalue weighted by atomic mass is 19.4. The van der Waals surface area contributed by atoms with E-state index in [4.69, 9.17) is 0 Å². The number of hydrogen-bond donors (Lipinski definition) is 2. The molecule has 8 nitrogen and oxygen atoms in total. The molecule has 0 radical (unpaired) electrons. The molecule has 3 heterocycles. The molecule has 2 amide bonds. The Balaban J connectivity index is 1.30. The molecule has 4 aromatic rings. The van der Waals surface area contributed by atoms with Gasteiger partial charge in [0.05, 0.1) is 22.4 Å². The van der Waals surface area contributed by atoms with Crippen LogP contribution in [0.3, 0.4) is 0 Å². The zero-order valence-corrected chi connectivity index (χ0v) is 18.6. The number of ketones is 1. The number of nitrogens with zero attached hydrogens (tertiary/aromatic N) is 3. The van der Waals surface area contributed by atoms with E-state index in [-0.39, 0.29) is 31.0 Å². The van der Waals surface area contributed by atoms with Gasteiger partial charge in [0.1, 0.15) is 0 Å². The molecule has 5 rings (SSSR count). The Hall–Kier alpha value is -4.54. The van der Waals surface area contributed by atoms with Crippen molar-refractivity contribution in [2.24, 2.45) is 0 Å². The van der Waals surface area contributed by atoms with Crippen LogP contribution in [0.15, 0.2) is 60.9 Å². The van der Waals surface area contributed by atoms with E-state index in [0.29, 0.717) is 16.6 Å². The molecule has 182 valence electrons. The van der Waals surface area contributed by atoms with E-state index in [9.17, 15) is 27.6 Å². The molecule has 2 N–H and O–H groups in total. The van der Waals surface area contributed by atoms with E-state index in [1.807, 2.05) is 12.1 Å². The minimum Gasteiger partial charge on any atom is -0.360 e. The minimum absolute atomic E-state index is 0.0907. The summed E-state index contributed by atoms with van der Waals surface area (Å²) >= 11 is 0. The number of carbonyl (C=O) groups is 3. The predicted octanol–water partition coefficient (Wildman–Crippen LogP) is 4.00. The molecule has 1 aliphatic rings. The number of rotatable bonds is 4. The zero-order valence-electron chi connectivity index (χ0n) is 18.6. The number of alkyl halides is 3. The zero-order chi connectivity index (χ0) is 25.4. The molecule has 0 aliphatic carbocycles. The van der Waals surface area contributed by atoms with Crippen LogP contribution in [0.5, 0.6) is 0 Å². The van der Waals surface area contributed by atoms with Crippen molar-refractivity contribution in [2.45, 2.75) is 19.1 Å². The molecule has 0 bridgehead atoms. The molecule has 1 aliphatic heterocycles. The summed E-state index contributed by atoms with van der Waals surface area (Å²) in [5, 5.41) is 2.97. The number of Topliss-reactive ketones (excluding diaryl/α,β-unsaturated/α-hetero) is 1. The third-order valence-corrected chi connectivity index (χ3v) is 5.95. The number of anilines is 1. The van der Waals surface area contributed by atoms with Gasteiger partial charge in [-0.2, -0.15) is 13.2 Å². The molecular weight excluding hydrogens is 475 g/mol. The molecular formula is C25H18F3N5O3. The fraction of sp³-hybridized carbons (Fsp3) is 0.160. The third kappa shape index (κ3) is 4.30. The van der Waals surface area contributed by atoms with Crippen molar-refractivity contribution in [2.75, 3.05) is 11.9 Å². The van der Waals surface area contributed by atoms with Crippen molar-refractivity contribution in [1.82, 2.24) is 19.9 Å². The number of H-pyrrole nitrogens is 1. The van der Waals surface area contributed by atoms with Crippen molar-refractivity contribution in [3.05, 3.63) is 88.9 Å². The second kappa shape index (κ2) is 8.91. The molecule has 11 heteroatoms. The van der Waals surface area contributed by atoms with E-state index in [2.05, 4.69) is 20.3 Å². The van der Waals surface area contributed by atoms with E-state index in [0.717, 1.165) is 17.6 Å². The third-order valence-electron chi connectivity index (χ3n) is 5.95. The number of para-hydroxylation sites is 1. The fourth-order valence-corrected chi connectivity index (χ4v) is 4.17. The summed E-state index contributed by atoms with van der Waals surface area (Å²) in [6.45, 7) is 0.300. The van der Waals surface area contributed by atoms with Crippen LogP contribution in [0.4, 0.5) is 19.1 Å². The van der Waals surface area contributed by atoms with Crippen LogP contribution in [0.1, 0.15) is 37.5 Å². The Morgan fingerprint density at radius 2 is 1.75 bits per heavy atom. The number of carbonyl (C=O) groups excluding carboxylic acids is 3. The molecule has 0 saturated heterocycles. The lowest BCUT2D eigenvalue weighted by atomic mass is 10.0. The van der Waals surface area contributed by atoms with Crippen LogP contribution in [0.2, 0.25) is 0 Å². The summed E-state index contributed by atoms with van der Waals surface area (Å²) in [6, 6.07) is 11.6. The summed E-state index contributed by atoms with van der Waals surface area (Å²) in [5.74, 6) is -2.43. The van der Waals surface area contributed by atoms with Gasteiger partial charge in [-0.1, -0.05) is 30.3 Å². The summed E-state index contributed by atoms with van der Waals surface area (Å²) in [6.07, 6.45) is -1.50. The predicted molar refractivity (Wildman–Crippen MR) is 123 cm³/mol. The van der Waals surface area contributed by atoms with E-state index < -0.39 is 34.9 Å². The summed E-state index contributed by atoms with van der Waals surface area (Å²) in [4.78, 5) is 50.9. The second-order valence-electron chi connectivity index (χ2n) is 8.22. The Morgan fingerprint density at radius 1 is 1.00 bits per heavy atom. The Labute approximate surface area is 202 Å². The smallest absolute Gasteiger partial charge is 0.360 e. The van der Waals surface area contributed by atoms with Crippen LogP contribution in [0.25, 0.3) is 10.9 Å². The maximum Gasteiger partial charge on any atom is 0.417 e. The lowest BCUT2D eigenvalue weighted by Crippen LogP contribution is -2.40. The van der Waals surface area contributed by atoms with Gasteiger partial charge in [0, 0.05) is 48.4 Å². The normalized spacial score (nSPS) is 13.4. The lowest BCUT2D eigenvalue weighted by Gasteiger charge is -2.27. The Morgan fingerprint density at radius 3 is 2.56 bits per heavy atom. The second-order valence-corrected chi connectivity index (χ2v) is 8.22. The van der Waals surface area contributed by atoms with Crippen LogP contribution in [0, 0.1) is 0 Å². The summed E-state index contributed by atoms with van der Waals surface area (Å²) in [7, 11) is 0. The van der Waals surface area contributed by atoms with Crippen molar-refractivity contribution < 1.29 is 27.6 Å². The minimum atomic E-state index is -4.69. The number of halogens is 3. The van der Waals surface area contributed by atoms with Crippen molar-refractivity contribution >= 4 is 34.4 Å². The van der Waals surface area contributed by atoms with Gasteiger partial charge < -0.3 is 9.88 Å². The maximum atomic E-state index is 13.2. The standard InChI is InChI=1S/C25H18F3N5O3/c26-25(27,28)18-7-3-1-6-16(18)22(35)32-24-30-11-14-13-33(10-9-19(14)31-24)23(36)21(34)17-12-29-20-8-4-2-5-15(17)20/h1-8,11-12,29H,9-10,13H2,(H,30,31,32,35). The summed E-state index contributed by atoms with van der Waals surface area (Å²) < 4.78 is 39.7. The average molecular weight is 493 g/mol. The highest BCUT2D eigenvalue weighted by Gasteiger charge is 2.35. The number of hydrogen-bond acceptors (Lipinski definition) is 5. The first-order valence-corrected chi connectivity index (χ1v) is 10.9. The number of fused-ring (bicyclic) bond motifs is 2. The number of amides is 2. The average Bonchev–Trinajstić information content (AvgIpc) is 3.31. The summed E-state index contributed by atoms with van der Waals surface area (Å²) in [5.41, 5.74) is 0.546. The molecule has 0 atom stereocenters. The van der Waals surface area contributed by atoms with Crippen LogP contribution in [-0.2, 0) is 23.9 Å². The first-order chi connectivity index (χ1) is 17.2. The largest absolute Gasteiger partial charge is 0.417 e. The molecule has 0 unspecified atom stereocenters. The lowest BCUT2D eigenvalue weighted by molar-refractivity contribution is -0.137. The molecule has 36 heavy (non-hydrogen) atoms. The maximum absolute atomic E-state index is 13.2. The first-order valence-electron chi connectivity index (χ1n) is 10.9. The van der Waals surface area contributed by atoms with Crippen molar-refractivity contribution in [1.29, 1.82) is 0 Å². The number of benzene rings is 2. The molecule has 0 spiro atoms. The van der Waals surface area contributed by atoms with Crippen LogP contribution < -0.4 is 5.32 Å².